The van der Waals surface area contributed by atoms with Crippen molar-refractivity contribution >= 4 is 41.4 Å². The van der Waals surface area contributed by atoms with E-state index in [0.717, 1.165) is 24.3 Å². The van der Waals surface area contributed by atoms with Crippen LogP contribution in [-0.2, 0) is 0 Å². The van der Waals surface area contributed by atoms with Crippen molar-refractivity contribution in [3.63, 3.8) is 0 Å². The van der Waals surface area contributed by atoms with Crippen LogP contribution in [0.25, 0.3) is 11.4 Å². The summed E-state index contributed by atoms with van der Waals surface area (Å²) in [5.41, 5.74) is 2.30. The van der Waals surface area contributed by atoms with Crippen molar-refractivity contribution in [2.24, 2.45) is 5.10 Å². The SMILES string of the molecule is CCN(CC)c1ccc(-c2n[nH]c(=S)n2N=Cc2ccc(Cl)c([N+](=O)[O-])c2)cc1. The second kappa shape index (κ2) is 8.97. The Bertz CT molecular complexity index is 1100. The second-order valence-corrected chi connectivity index (χ2v) is 6.89. The lowest BCUT2D eigenvalue weighted by atomic mass is 10.2. The average molecular weight is 431 g/mol. The summed E-state index contributed by atoms with van der Waals surface area (Å²) in [6.07, 6.45) is 1.47. The molecule has 0 bridgehead atoms. The zero-order valence-corrected chi connectivity index (χ0v) is 17.4. The molecule has 0 spiro atoms. The molecule has 2 aromatic carbocycles. The molecule has 3 aromatic rings. The van der Waals surface area contributed by atoms with Crippen LogP contribution in [0.15, 0.2) is 47.6 Å². The number of halogens is 1. The number of anilines is 1. The van der Waals surface area contributed by atoms with Crippen LogP contribution in [0.5, 0.6) is 0 Å². The van der Waals surface area contributed by atoms with E-state index < -0.39 is 4.92 Å². The maximum Gasteiger partial charge on any atom is 0.288 e. The minimum Gasteiger partial charge on any atom is -0.372 e. The first-order valence-corrected chi connectivity index (χ1v) is 9.74. The standard InChI is InChI=1S/C19H19ClN6O2S/c1-3-24(4-2)15-8-6-14(7-9-15)18-22-23-19(29)25(18)21-12-13-5-10-16(20)17(11-13)26(27)28/h5-12H,3-4H2,1-2H3,(H,23,29). The van der Waals surface area contributed by atoms with Gasteiger partial charge >= 0.3 is 0 Å². The molecule has 8 nitrogen and oxygen atoms in total. The van der Waals surface area contributed by atoms with Gasteiger partial charge in [-0.3, -0.25) is 10.1 Å². The van der Waals surface area contributed by atoms with Gasteiger partial charge in [-0.15, -0.1) is 0 Å². The molecule has 0 aliphatic rings. The number of benzene rings is 2. The van der Waals surface area contributed by atoms with E-state index >= 15 is 0 Å². The number of hydrogen-bond acceptors (Lipinski definition) is 6. The summed E-state index contributed by atoms with van der Waals surface area (Å²) in [5.74, 6) is 0.542. The third-order valence-electron chi connectivity index (χ3n) is 4.39. The molecule has 0 fully saturated rings. The lowest BCUT2D eigenvalue weighted by Crippen LogP contribution is -2.21. The van der Waals surface area contributed by atoms with Crippen LogP contribution < -0.4 is 4.90 Å². The number of nitrogens with zero attached hydrogens (tertiary/aromatic N) is 5. The van der Waals surface area contributed by atoms with Gasteiger partial charge in [0.2, 0.25) is 4.77 Å². The number of rotatable bonds is 7. The molecule has 0 saturated carbocycles. The number of nitro groups is 1. The molecule has 29 heavy (non-hydrogen) atoms. The number of nitro benzene ring substituents is 1. The van der Waals surface area contributed by atoms with Gasteiger partial charge in [-0.25, -0.2) is 5.10 Å². The van der Waals surface area contributed by atoms with E-state index in [4.69, 9.17) is 23.8 Å². The minimum absolute atomic E-state index is 0.0704. The fourth-order valence-electron chi connectivity index (χ4n) is 2.87. The largest absolute Gasteiger partial charge is 0.372 e. The Balaban J connectivity index is 1.93. The smallest absolute Gasteiger partial charge is 0.288 e. The molecule has 3 rings (SSSR count). The van der Waals surface area contributed by atoms with Crippen LogP contribution >= 0.6 is 23.8 Å². The Labute approximate surface area is 177 Å². The number of hydrogen-bond donors (Lipinski definition) is 1. The summed E-state index contributed by atoms with van der Waals surface area (Å²) in [6, 6.07) is 12.4. The van der Waals surface area contributed by atoms with E-state index in [2.05, 4.69) is 34.0 Å². The third-order valence-corrected chi connectivity index (χ3v) is 4.98. The van der Waals surface area contributed by atoms with E-state index in [-0.39, 0.29) is 10.7 Å². The molecule has 0 saturated heterocycles. The van der Waals surface area contributed by atoms with Crippen molar-refractivity contribution in [1.82, 2.24) is 14.9 Å². The fourth-order valence-corrected chi connectivity index (χ4v) is 3.24. The number of aromatic nitrogens is 3. The molecule has 1 N–H and O–H groups in total. The highest BCUT2D eigenvalue weighted by Crippen LogP contribution is 2.25. The van der Waals surface area contributed by atoms with Crippen molar-refractivity contribution in [3.8, 4) is 11.4 Å². The van der Waals surface area contributed by atoms with E-state index in [1.54, 1.807) is 6.07 Å². The van der Waals surface area contributed by atoms with Crippen LogP contribution in [0.2, 0.25) is 5.02 Å². The predicted molar refractivity (Wildman–Crippen MR) is 118 cm³/mol. The topological polar surface area (TPSA) is 92.3 Å². The Morgan fingerprint density at radius 2 is 1.97 bits per heavy atom. The maximum atomic E-state index is 11.1. The number of nitrogens with one attached hydrogen (secondary N) is 1. The number of H-pyrrole nitrogens is 1. The molecule has 0 radical (unpaired) electrons. The van der Waals surface area contributed by atoms with Gasteiger partial charge in [-0.2, -0.15) is 14.9 Å². The third kappa shape index (κ3) is 4.52. The molecule has 10 heteroatoms. The Morgan fingerprint density at radius 3 is 2.59 bits per heavy atom. The van der Waals surface area contributed by atoms with Crippen LogP contribution in [-0.4, -0.2) is 39.1 Å². The van der Waals surface area contributed by atoms with E-state index in [1.165, 1.54) is 23.0 Å². The molecule has 1 aromatic heterocycles. The summed E-state index contributed by atoms with van der Waals surface area (Å²) in [4.78, 5) is 12.8. The van der Waals surface area contributed by atoms with Crippen LogP contribution in [0.3, 0.4) is 0 Å². The maximum absolute atomic E-state index is 11.1. The number of aromatic amines is 1. The Kier molecular flexibility index (Phi) is 6.40. The summed E-state index contributed by atoms with van der Waals surface area (Å²) in [7, 11) is 0. The lowest BCUT2D eigenvalue weighted by molar-refractivity contribution is -0.384. The van der Waals surface area contributed by atoms with E-state index in [9.17, 15) is 10.1 Å². The monoisotopic (exact) mass is 430 g/mol. The van der Waals surface area contributed by atoms with Crippen LogP contribution in [0.1, 0.15) is 19.4 Å². The Hall–Kier alpha value is -3.04. The van der Waals surface area contributed by atoms with Crippen molar-refractivity contribution in [2.45, 2.75) is 13.8 Å². The van der Waals surface area contributed by atoms with Gasteiger partial charge < -0.3 is 4.90 Å². The Morgan fingerprint density at radius 1 is 1.28 bits per heavy atom. The second-order valence-electron chi connectivity index (χ2n) is 6.10. The van der Waals surface area contributed by atoms with Gasteiger partial charge in [0, 0.05) is 36.0 Å². The molecule has 0 aliphatic heterocycles. The quantitative estimate of drug-likeness (QED) is 0.249. The van der Waals surface area contributed by atoms with E-state index in [0.29, 0.717) is 16.2 Å². The first-order chi connectivity index (χ1) is 13.9. The molecule has 150 valence electrons. The summed E-state index contributed by atoms with van der Waals surface area (Å²) in [5, 5.41) is 22.5. The summed E-state index contributed by atoms with van der Waals surface area (Å²) < 4.78 is 1.79. The van der Waals surface area contributed by atoms with Gasteiger partial charge in [0.15, 0.2) is 5.82 Å². The minimum atomic E-state index is -0.536. The normalized spacial score (nSPS) is 11.1. The highest BCUT2D eigenvalue weighted by molar-refractivity contribution is 7.71. The lowest BCUT2D eigenvalue weighted by Gasteiger charge is -2.20. The predicted octanol–water partition coefficient (Wildman–Crippen LogP) is 4.90. The summed E-state index contributed by atoms with van der Waals surface area (Å²) >= 11 is 11.1. The highest BCUT2D eigenvalue weighted by atomic mass is 35.5. The first kappa shape index (κ1) is 20.7. The van der Waals surface area contributed by atoms with Crippen molar-refractivity contribution < 1.29 is 4.92 Å². The fraction of sp³-hybridized carbons (Fsp3) is 0.211. The van der Waals surface area contributed by atoms with Crippen molar-refractivity contribution in [2.75, 3.05) is 18.0 Å². The molecule has 0 amide bonds. The molecular weight excluding hydrogens is 412 g/mol. The highest BCUT2D eigenvalue weighted by Gasteiger charge is 2.13. The molecule has 0 atom stereocenters. The van der Waals surface area contributed by atoms with Gasteiger partial charge in [0.1, 0.15) is 5.02 Å². The van der Waals surface area contributed by atoms with Gasteiger partial charge in [-0.05, 0) is 56.4 Å². The zero-order valence-electron chi connectivity index (χ0n) is 15.9. The van der Waals surface area contributed by atoms with Crippen molar-refractivity contribution in [1.29, 1.82) is 0 Å². The molecule has 0 unspecified atom stereocenters. The molecule has 0 aliphatic carbocycles. The van der Waals surface area contributed by atoms with Gasteiger partial charge in [0.25, 0.3) is 5.69 Å². The van der Waals surface area contributed by atoms with Crippen LogP contribution in [0, 0.1) is 14.9 Å². The first-order valence-electron chi connectivity index (χ1n) is 8.95. The van der Waals surface area contributed by atoms with Gasteiger partial charge in [-0.1, -0.05) is 17.7 Å². The van der Waals surface area contributed by atoms with Crippen molar-refractivity contribution in [3.05, 3.63) is 67.9 Å². The summed E-state index contributed by atoms with van der Waals surface area (Å²) in [6.45, 7) is 6.06. The molecular formula is C19H19ClN6O2S. The molecule has 1 heterocycles. The average Bonchev–Trinajstić information content (AvgIpc) is 3.09. The van der Waals surface area contributed by atoms with Crippen LogP contribution in [0.4, 0.5) is 11.4 Å². The van der Waals surface area contributed by atoms with E-state index in [1.807, 2.05) is 24.3 Å². The zero-order chi connectivity index (χ0) is 21.0. The van der Waals surface area contributed by atoms with Gasteiger partial charge in [0.05, 0.1) is 11.1 Å².